The summed E-state index contributed by atoms with van der Waals surface area (Å²) in [5.41, 5.74) is 1.96. The summed E-state index contributed by atoms with van der Waals surface area (Å²) < 4.78 is 0. The summed E-state index contributed by atoms with van der Waals surface area (Å²) in [6.45, 7) is 5.85. The van der Waals surface area contributed by atoms with E-state index in [9.17, 15) is 9.90 Å². The maximum Gasteiger partial charge on any atom is 0.168 e. The molecule has 2 N–H and O–H groups in total. The van der Waals surface area contributed by atoms with Crippen molar-refractivity contribution < 1.29 is 9.90 Å². The number of carbonyl (C=O) groups is 1. The summed E-state index contributed by atoms with van der Waals surface area (Å²) in [7, 11) is 0. The highest BCUT2D eigenvalue weighted by Crippen LogP contribution is 2.39. The molecule has 5 heteroatoms. The number of nitrogens with zero attached hydrogens (tertiary/aromatic N) is 1. The summed E-state index contributed by atoms with van der Waals surface area (Å²) in [6, 6.07) is 5.67. The molecule has 1 aromatic heterocycles. The van der Waals surface area contributed by atoms with Gasteiger partial charge in [0.05, 0.1) is 16.1 Å². The Labute approximate surface area is 146 Å². The third kappa shape index (κ3) is 3.24. The molecule has 0 spiro atoms. The van der Waals surface area contributed by atoms with Crippen LogP contribution in [0.4, 0.5) is 0 Å². The van der Waals surface area contributed by atoms with E-state index in [2.05, 4.69) is 9.98 Å². The Hall–Kier alpha value is -2.07. The highest BCUT2D eigenvalue weighted by molar-refractivity contribution is 6.35. The molecule has 1 aliphatic carbocycles. The van der Waals surface area contributed by atoms with E-state index in [1.807, 2.05) is 45.2 Å². The molecule has 3 rings (SSSR count). The van der Waals surface area contributed by atoms with Crippen LogP contribution < -0.4 is 0 Å². The number of rotatable bonds is 2. The molecule has 0 bridgehead atoms. The van der Waals surface area contributed by atoms with E-state index in [4.69, 9.17) is 11.6 Å². The van der Waals surface area contributed by atoms with Gasteiger partial charge < -0.3 is 10.1 Å². The fourth-order valence-corrected chi connectivity index (χ4v) is 3.31. The van der Waals surface area contributed by atoms with Crippen LogP contribution in [0.25, 0.3) is 10.9 Å². The van der Waals surface area contributed by atoms with Crippen molar-refractivity contribution >= 4 is 34.5 Å². The lowest BCUT2D eigenvalue weighted by Gasteiger charge is -2.22. The van der Waals surface area contributed by atoms with E-state index in [0.717, 1.165) is 16.5 Å². The lowest BCUT2D eigenvalue weighted by Crippen LogP contribution is -2.20. The number of H-pyrrole nitrogens is 1. The number of hydrogen-bond acceptors (Lipinski definition) is 3. The molecule has 0 aliphatic heterocycles. The molecule has 2 aromatic rings. The lowest BCUT2D eigenvalue weighted by atomic mass is 9.82. The van der Waals surface area contributed by atoms with Crippen LogP contribution in [-0.4, -0.2) is 27.6 Å². The number of allylic oxidation sites excluding steroid dienone is 2. The van der Waals surface area contributed by atoms with Crippen molar-refractivity contribution in [3.05, 3.63) is 46.3 Å². The Balaban J connectivity index is 1.95. The normalized spacial score (nSPS) is 19.7. The molecule has 0 fully saturated rings. The van der Waals surface area contributed by atoms with Crippen molar-refractivity contribution in [3.63, 3.8) is 0 Å². The number of halogens is 1. The molecular formula is C19H21ClN2O2. The van der Waals surface area contributed by atoms with Gasteiger partial charge in [0.1, 0.15) is 5.76 Å². The monoisotopic (exact) mass is 344 g/mol. The lowest BCUT2D eigenvalue weighted by molar-refractivity contribution is -0.116. The molecule has 0 amide bonds. The molecule has 0 radical (unpaired) electrons. The maximum atomic E-state index is 12.5. The molecule has 4 nitrogen and oxygen atoms in total. The van der Waals surface area contributed by atoms with Gasteiger partial charge in [-0.05, 0) is 38.5 Å². The largest absolute Gasteiger partial charge is 0.511 e. The van der Waals surface area contributed by atoms with Crippen LogP contribution in [-0.2, 0) is 4.79 Å². The zero-order valence-electron chi connectivity index (χ0n) is 14.1. The minimum atomic E-state index is -0.283. The number of fused-ring (bicyclic) bond motifs is 1. The van der Waals surface area contributed by atoms with E-state index < -0.39 is 0 Å². The second kappa shape index (κ2) is 6.10. The number of Topliss-reactive ketones (excluding diaryl/α,β-unsaturated/α-hetero) is 1. The van der Waals surface area contributed by atoms with Crippen molar-refractivity contribution in [1.29, 1.82) is 0 Å². The summed E-state index contributed by atoms with van der Waals surface area (Å²) in [6.07, 6.45) is 4.15. The van der Waals surface area contributed by atoms with Gasteiger partial charge in [0, 0.05) is 42.1 Å². The minimum absolute atomic E-state index is 0.0850. The van der Waals surface area contributed by atoms with Crippen molar-refractivity contribution in [2.24, 2.45) is 4.99 Å². The molecule has 1 aliphatic rings. The topological polar surface area (TPSA) is 65.5 Å². The van der Waals surface area contributed by atoms with E-state index in [0.29, 0.717) is 23.4 Å². The van der Waals surface area contributed by atoms with Crippen LogP contribution in [0.1, 0.15) is 45.1 Å². The summed E-state index contributed by atoms with van der Waals surface area (Å²) in [5, 5.41) is 12.0. The second-order valence-corrected chi connectivity index (χ2v) is 7.63. The summed E-state index contributed by atoms with van der Waals surface area (Å²) in [5.74, 6) is -0.0678. The number of carbonyl (C=O) groups excluding carboxylic acids is 1. The summed E-state index contributed by atoms with van der Waals surface area (Å²) in [4.78, 5) is 20.0. The van der Waals surface area contributed by atoms with Gasteiger partial charge in [-0.1, -0.05) is 17.7 Å². The van der Waals surface area contributed by atoms with Gasteiger partial charge in [-0.3, -0.25) is 9.79 Å². The van der Waals surface area contributed by atoms with Gasteiger partial charge in [0.15, 0.2) is 5.78 Å². The first-order valence-corrected chi connectivity index (χ1v) is 8.40. The van der Waals surface area contributed by atoms with Crippen LogP contribution in [0, 0.1) is 0 Å². The first kappa shape index (κ1) is 16.8. The predicted molar refractivity (Wildman–Crippen MR) is 98.2 cm³/mol. The fourth-order valence-electron chi connectivity index (χ4n) is 3.02. The number of aromatic amines is 1. The standard InChI is InChI=1S/C19H21ClN2O2/c1-19(2,3)22-10-13-16(23)7-11(8-17(13)24)12-9-21-15-6-4-5-14(20)18(12)15/h4-6,9-11,21,23H,7-8H2,1-3H3. The highest BCUT2D eigenvalue weighted by atomic mass is 35.5. The van der Waals surface area contributed by atoms with E-state index in [1.54, 1.807) is 0 Å². The van der Waals surface area contributed by atoms with Crippen molar-refractivity contribution in [2.45, 2.75) is 45.1 Å². The Morgan fingerprint density at radius 3 is 2.75 bits per heavy atom. The number of aliphatic hydroxyl groups is 1. The van der Waals surface area contributed by atoms with Crippen molar-refractivity contribution in [3.8, 4) is 0 Å². The van der Waals surface area contributed by atoms with Crippen LogP contribution in [0.3, 0.4) is 0 Å². The first-order chi connectivity index (χ1) is 11.3. The van der Waals surface area contributed by atoms with Gasteiger partial charge in [-0.25, -0.2) is 0 Å². The highest BCUT2D eigenvalue weighted by Gasteiger charge is 2.30. The van der Waals surface area contributed by atoms with Gasteiger partial charge in [0.25, 0.3) is 0 Å². The van der Waals surface area contributed by atoms with Gasteiger partial charge in [-0.2, -0.15) is 0 Å². The SMILES string of the molecule is CC(C)(C)N=CC1=C(O)CC(c2c[nH]c3cccc(Cl)c23)CC1=O. The number of nitrogens with one attached hydrogen (secondary N) is 1. The molecule has 1 atom stereocenters. The van der Waals surface area contributed by atoms with E-state index in [-0.39, 0.29) is 23.0 Å². The predicted octanol–water partition coefficient (Wildman–Crippen LogP) is 4.95. The van der Waals surface area contributed by atoms with Gasteiger partial charge in [-0.15, -0.1) is 0 Å². The van der Waals surface area contributed by atoms with Crippen molar-refractivity contribution in [1.82, 2.24) is 4.98 Å². The number of aliphatic hydroxyl groups excluding tert-OH is 1. The van der Waals surface area contributed by atoms with Gasteiger partial charge in [0.2, 0.25) is 0 Å². The van der Waals surface area contributed by atoms with Crippen LogP contribution in [0.5, 0.6) is 0 Å². The fraction of sp³-hybridized carbons (Fsp3) is 0.368. The van der Waals surface area contributed by atoms with Crippen LogP contribution >= 0.6 is 11.6 Å². The molecular weight excluding hydrogens is 324 g/mol. The van der Waals surface area contributed by atoms with E-state index in [1.165, 1.54) is 6.21 Å². The molecule has 1 unspecified atom stereocenters. The Morgan fingerprint density at radius 2 is 2.08 bits per heavy atom. The molecule has 126 valence electrons. The van der Waals surface area contributed by atoms with Crippen LogP contribution in [0.2, 0.25) is 5.02 Å². The average molecular weight is 345 g/mol. The second-order valence-electron chi connectivity index (χ2n) is 7.22. The quantitative estimate of drug-likeness (QED) is 0.757. The Bertz CT molecular complexity index is 856. The number of aromatic nitrogens is 1. The number of benzene rings is 1. The third-order valence-corrected chi connectivity index (χ3v) is 4.50. The molecule has 1 aromatic carbocycles. The Morgan fingerprint density at radius 1 is 1.33 bits per heavy atom. The molecule has 1 heterocycles. The number of hydrogen-bond donors (Lipinski definition) is 2. The minimum Gasteiger partial charge on any atom is -0.511 e. The van der Waals surface area contributed by atoms with Crippen LogP contribution in [0.15, 0.2) is 40.7 Å². The average Bonchev–Trinajstić information content (AvgIpc) is 2.90. The Kier molecular flexibility index (Phi) is 4.26. The number of aliphatic imine (C=N–C) groups is 1. The van der Waals surface area contributed by atoms with E-state index >= 15 is 0 Å². The molecule has 0 saturated carbocycles. The van der Waals surface area contributed by atoms with Crippen molar-refractivity contribution in [2.75, 3.05) is 0 Å². The van der Waals surface area contributed by atoms with Gasteiger partial charge >= 0.3 is 0 Å². The number of ketones is 1. The summed E-state index contributed by atoms with van der Waals surface area (Å²) >= 11 is 6.32. The zero-order chi connectivity index (χ0) is 17.5. The molecule has 24 heavy (non-hydrogen) atoms. The molecule has 0 saturated heterocycles. The zero-order valence-corrected chi connectivity index (χ0v) is 14.8. The maximum absolute atomic E-state index is 12.5. The first-order valence-electron chi connectivity index (χ1n) is 8.02. The smallest absolute Gasteiger partial charge is 0.168 e. The third-order valence-electron chi connectivity index (χ3n) is 4.19.